The molecule has 0 heterocycles. The lowest BCUT2D eigenvalue weighted by Gasteiger charge is -2.07. The Bertz CT molecular complexity index is 828. The van der Waals surface area contributed by atoms with Crippen molar-refractivity contribution < 1.29 is 8.42 Å². The van der Waals surface area contributed by atoms with Crippen molar-refractivity contribution >= 4 is 16.2 Å². The zero-order chi connectivity index (χ0) is 16.0. The van der Waals surface area contributed by atoms with Crippen molar-refractivity contribution in [1.29, 1.82) is 0 Å². The van der Waals surface area contributed by atoms with E-state index >= 15 is 0 Å². The first kappa shape index (κ1) is 14.5. The summed E-state index contributed by atoms with van der Waals surface area (Å²) in [5.74, 6) is 1.98. The molecule has 1 aromatic rings. The van der Waals surface area contributed by atoms with Gasteiger partial charge in [-0.1, -0.05) is 48.1 Å². The molecule has 0 spiro atoms. The zero-order valence-corrected chi connectivity index (χ0v) is 13.6. The highest BCUT2D eigenvalue weighted by Gasteiger charge is 2.47. The summed E-state index contributed by atoms with van der Waals surface area (Å²) in [6.07, 6.45) is 12.8. The molecule has 0 aromatic heterocycles. The summed E-state index contributed by atoms with van der Waals surface area (Å²) in [6, 6.07) is 6.71. The van der Waals surface area contributed by atoms with Crippen LogP contribution in [0.25, 0.3) is 0 Å². The van der Waals surface area contributed by atoms with E-state index in [1.807, 2.05) is 6.92 Å². The lowest BCUT2D eigenvalue weighted by molar-refractivity contribution is 0.584. The number of rotatable bonds is 4. The number of aryl methyl sites for hydroxylation is 1. The Morgan fingerprint density at radius 1 is 1.00 bits per heavy atom. The first-order chi connectivity index (χ1) is 11.0. The molecule has 1 N–H and O–H groups in total. The summed E-state index contributed by atoms with van der Waals surface area (Å²) >= 11 is 0. The van der Waals surface area contributed by atoms with Crippen LogP contribution in [0.15, 0.2) is 70.2 Å². The average Bonchev–Trinajstić information content (AvgIpc) is 3.25. The molecule has 1 aromatic carbocycles. The summed E-state index contributed by atoms with van der Waals surface area (Å²) in [6.45, 7) is 1.92. The second kappa shape index (κ2) is 5.20. The molecule has 2 unspecified atom stereocenters. The standard InChI is InChI=1S/C18H18N2O2S/c1-12-2-6-15(7-3-12)23(21,22)20-19-11-14-10-18-16-8-4-13(14)5-9-17(16)18/h2-11,13,16-18,20H,1H3/b19-11+/t13?,16-,17+,18?. The Morgan fingerprint density at radius 2 is 1.65 bits per heavy atom. The average molecular weight is 326 g/mol. The summed E-state index contributed by atoms with van der Waals surface area (Å²) in [7, 11) is -3.62. The second-order valence-electron chi connectivity index (χ2n) is 6.36. The van der Waals surface area contributed by atoms with Crippen LogP contribution in [0.4, 0.5) is 0 Å². The van der Waals surface area contributed by atoms with E-state index in [0.717, 1.165) is 11.1 Å². The molecule has 0 radical (unpaired) electrons. The highest BCUT2D eigenvalue weighted by atomic mass is 32.2. The quantitative estimate of drug-likeness (QED) is 0.525. The van der Waals surface area contributed by atoms with E-state index in [1.54, 1.807) is 30.5 Å². The van der Waals surface area contributed by atoms with Crippen molar-refractivity contribution in [2.45, 2.75) is 11.8 Å². The Balaban J connectivity index is 1.51. The van der Waals surface area contributed by atoms with Crippen LogP contribution in [0.3, 0.4) is 0 Å². The first-order valence-corrected chi connectivity index (χ1v) is 9.23. The van der Waals surface area contributed by atoms with Gasteiger partial charge in [0.15, 0.2) is 0 Å². The van der Waals surface area contributed by atoms with Gasteiger partial charge in [-0.25, -0.2) is 4.83 Å². The number of hydrogen-bond acceptors (Lipinski definition) is 3. The van der Waals surface area contributed by atoms with Gasteiger partial charge in [-0.2, -0.15) is 13.5 Å². The van der Waals surface area contributed by atoms with Crippen LogP contribution in [0.2, 0.25) is 0 Å². The molecule has 1 saturated carbocycles. The molecule has 4 aliphatic rings. The number of hydrogen-bond donors (Lipinski definition) is 1. The van der Waals surface area contributed by atoms with Crippen LogP contribution in [-0.2, 0) is 10.0 Å². The fourth-order valence-corrected chi connectivity index (χ4v) is 4.10. The monoisotopic (exact) mass is 326 g/mol. The van der Waals surface area contributed by atoms with E-state index < -0.39 is 10.0 Å². The van der Waals surface area contributed by atoms with Gasteiger partial charge in [0.25, 0.3) is 10.0 Å². The van der Waals surface area contributed by atoms with Gasteiger partial charge >= 0.3 is 0 Å². The van der Waals surface area contributed by atoms with E-state index in [-0.39, 0.29) is 10.8 Å². The fourth-order valence-electron chi connectivity index (χ4n) is 3.31. The van der Waals surface area contributed by atoms with E-state index in [9.17, 15) is 8.42 Å². The zero-order valence-electron chi connectivity index (χ0n) is 12.8. The van der Waals surface area contributed by atoms with E-state index in [2.05, 4.69) is 40.3 Å². The minimum Gasteiger partial charge on any atom is -0.200 e. The molecular formula is C18H18N2O2S. The van der Waals surface area contributed by atoms with Crippen molar-refractivity contribution in [3.8, 4) is 0 Å². The molecule has 4 atom stereocenters. The SMILES string of the molecule is Cc1ccc(S(=O)(=O)N/N=C/C2=CC3[C@H]4C=CC2C=C[C@@H]34)cc1. The third-order valence-electron chi connectivity index (χ3n) is 4.76. The maximum Gasteiger partial charge on any atom is 0.276 e. The summed E-state index contributed by atoms with van der Waals surface area (Å²) in [4.78, 5) is 2.52. The molecule has 0 amide bonds. The number of allylic oxidation sites excluding steroid dienone is 6. The van der Waals surface area contributed by atoms with Gasteiger partial charge in [-0.15, -0.1) is 0 Å². The van der Waals surface area contributed by atoms with Gasteiger partial charge in [0, 0.05) is 5.92 Å². The van der Waals surface area contributed by atoms with Gasteiger partial charge in [0.05, 0.1) is 11.1 Å². The molecular weight excluding hydrogens is 308 g/mol. The molecule has 0 saturated heterocycles. The van der Waals surface area contributed by atoms with Crippen molar-refractivity contribution in [2.75, 3.05) is 0 Å². The van der Waals surface area contributed by atoms with Crippen molar-refractivity contribution in [3.63, 3.8) is 0 Å². The normalized spacial score (nSPS) is 30.9. The molecule has 5 heteroatoms. The van der Waals surface area contributed by atoms with Gasteiger partial charge < -0.3 is 0 Å². The lowest BCUT2D eigenvalue weighted by atomic mass is 10.0. The smallest absolute Gasteiger partial charge is 0.200 e. The molecule has 1 fully saturated rings. The minimum absolute atomic E-state index is 0.197. The molecule has 5 rings (SSSR count). The van der Waals surface area contributed by atoms with Crippen molar-refractivity contribution in [1.82, 2.24) is 4.83 Å². The number of benzene rings is 1. The van der Waals surface area contributed by atoms with Crippen LogP contribution in [0.1, 0.15) is 5.56 Å². The highest BCUT2D eigenvalue weighted by Crippen LogP contribution is 2.53. The Kier molecular flexibility index (Phi) is 3.27. The Labute approximate surface area is 136 Å². The molecule has 23 heavy (non-hydrogen) atoms. The van der Waals surface area contributed by atoms with Crippen molar-refractivity contribution in [2.24, 2.45) is 28.8 Å². The number of nitrogens with one attached hydrogen (secondary N) is 1. The lowest BCUT2D eigenvalue weighted by Crippen LogP contribution is -2.18. The predicted octanol–water partition coefficient (Wildman–Crippen LogP) is 2.80. The molecule has 4 nitrogen and oxygen atoms in total. The van der Waals surface area contributed by atoms with Crippen LogP contribution < -0.4 is 4.83 Å². The molecule has 4 aliphatic carbocycles. The maximum absolute atomic E-state index is 12.2. The third-order valence-corrected chi connectivity index (χ3v) is 6.00. The topological polar surface area (TPSA) is 58.5 Å². The largest absolute Gasteiger partial charge is 0.276 e. The van der Waals surface area contributed by atoms with E-state index in [4.69, 9.17) is 0 Å². The van der Waals surface area contributed by atoms with Gasteiger partial charge in [0.1, 0.15) is 0 Å². The van der Waals surface area contributed by atoms with Gasteiger partial charge in [-0.05, 0) is 42.4 Å². The van der Waals surface area contributed by atoms with Crippen LogP contribution in [0.5, 0.6) is 0 Å². The van der Waals surface area contributed by atoms with Crippen LogP contribution in [-0.4, -0.2) is 14.6 Å². The third kappa shape index (κ3) is 2.65. The van der Waals surface area contributed by atoms with Gasteiger partial charge in [-0.3, -0.25) is 0 Å². The molecule has 0 aliphatic heterocycles. The first-order valence-electron chi connectivity index (χ1n) is 7.74. The highest BCUT2D eigenvalue weighted by molar-refractivity contribution is 7.89. The Morgan fingerprint density at radius 3 is 2.30 bits per heavy atom. The maximum atomic E-state index is 12.2. The minimum atomic E-state index is -3.62. The molecule has 4 bridgehead atoms. The number of sulfonamides is 1. The predicted molar refractivity (Wildman–Crippen MR) is 90.3 cm³/mol. The van der Waals surface area contributed by atoms with Crippen molar-refractivity contribution in [3.05, 3.63) is 65.8 Å². The Hall–Kier alpha value is -2.14. The van der Waals surface area contributed by atoms with E-state index in [0.29, 0.717) is 17.8 Å². The fraction of sp³-hybridized carbons (Fsp3) is 0.278. The number of nitrogens with zero attached hydrogens (tertiary/aromatic N) is 1. The molecule has 118 valence electrons. The summed E-state index contributed by atoms with van der Waals surface area (Å²) in [5, 5.41) is 3.98. The number of hydrazone groups is 1. The second-order valence-corrected chi connectivity index (χ2v) is 8.02. The van der Waals surface area contributed by atoms with E-state index in [1.165, 1.54) is 0 Å². The summed E-state index contributed by atoms with van der Waals surface area (Å²) in [5.41, 5.74) is 2.07. The van der Waals surface area contributed by atoms with Gasteiger partial charge in [0.2, 0.25) is 0 Å². The van der Waals surface area contributed by atoms with Crippen LogP contribution >= 0.6 is 0 Å². The summed E-state index contributed by atoms with van der Waals surface area (Å²) < 4.78 is 24.4. The van der Waals surface area contributed by atoms with Crippen LogP contribution in [0, 0.1) is 30.6 Å².